The van der Waals surface area contributed by atoms with Crippen LogP contribution in [0.3, 0.4) is 0 Å². The Morgan fingerprint density at radius 3 is 1.50 bits per heavy atom. The molecule has 74 valence electrons. The second kappa shape index (κ2) is 8.78. The van der Waals surface area contributed by atoms with Crippen molar-refractivity contribution in [3.8, 4) is 0 Å². The Morgan fingerprint density at radius 1 is 0.917 bits per heavy atom. The first kappa shape index (κ1) is 13.2. The van der Waals surface area contributed by atoms with E-state index in [0.717, 1.165) is 0 Å². The van der Waals surface area contributed by atoms with E-state index in [-0.39, 0.29) is 11.8 Å². The maximum absolute atomic E-state index is 9.03. The smallest absolute Gasteiger partial charge is 0.0774 e. The SMILES string of the molecule is O[C@H](CCl)CSSC[C@@H](O)CCl. The predicted octanol–water partition coefficient (Wildman–Crippen LogP) is 1.57. The molecule has 12 heavy (non-hydrogen) atoms. The second-order valence-corrected chi connectivity index (χ2v) is 5.35. The molecule has 0 aromatic rings. The Labute approximate surface area is 90.4 Å². The van der Waals surface area contributed by atoms with Gasteiger partial charge in [-0.25, -0.2) is 0 Å². The largest absolute Gasteiger partial charge is 0.391 e. The van der Waals surface area contributed by atoms with Crippen molar-refractivity contribution < 1.29 is 10.2 Å². The fourth-order valence-corrected chi connectivity index (χ4v) is 3.08. The van der Waals surface area contributed by atoms with Gasteiger partial charge in [-0.15, -0.1) is 23.2 Å². The van der Waals surface area contributed by atoms with Crippen molar-refractivity contribution >= 4 is 44.8 Å². The van der Waals surface area contributed by atoms with Crippen molar-refractivity contribution in [2.75, 3.05) is 23.3 Å². The highest BCUT2D eigenvalue weighted by Crippen LogP contribution is 2.23. The molecule has 0 saturated heterocycles. The summed E-state index contributed by atoms with van der Waals surface area (Å²) in [7, 11) is 2.99. The summed E-state index contributed by atoms with van der Waals surface area (Å²) in [6, 6.07) is 0. The van der Waals surface area contributed by atoms with Gasteiger partial charge in [-0.3, -0.25) is 0 Å². The Kier molecular flexibility index (Phi) is 9.66. The number of rotatable bonds is 7. The van der Waals surface area contributed by atoms with Crippen molar-refractivity contribution in [3.05, 3.63) is 0 Å². The van der Waals surface area contributed by atoms with Gasteiger partial charge in [0.2, 0.25) is 0 Å². The van der Waals surface area contributed by atoms with Gasteiger partial charge in [-0.1, -0.05) is 21.6 Å². The molecule has 0 rings (SSSR count). The van der Waals surface area contributed by atoms with E-state index in [9.17, 15) is 0 Å². The molecule has 0 aromatic carbocycles. The molecule has 0 heterocycles. The number of aliphatic hydroxyl groups is 2. The van der Waals surface area contributed by atoms with Crippen LogP contribution in [0.1, 0.15) is 0 Å². The highest BCUT2D eigenvalue weighted by Gasteiger charge is 2.04. The molecule has 0 unspecified atom stereocenters. The maximum Gasteiger partial charge on any atom is 0.0774 e. The van der Waals surface area contributed by atoms with E-state index in [1.807, 2.05) is 0 Å². The van der Waals surface area contributed by atoms with E-state index >= 15 is 0 Å². The van der Waals surface area contributed by atoms with Crippen LogP contribution < -0.4 is 0 Å². The normalized spacial score (nSPS) is 16.0. The molecule has 0 spiro atoms. The minimum Gasteiger partial charge on any atom is -0.391 e. The predicted molar refractivity (Wildman–Crippen MR) is 58.4 cm³/mol. The summed E-state index contributed by atoms with van der Waals surface area (Å²) in [5.74, 6) is 1.68. The molecule has 0 fully saturated rings. The zero-order valence-corrected chi connectivity index (χ0v) is 9.59. The quantitative estimate of drug-likeness (QED) is 0.409. The van der Waals surface area contributed by atoms with Gasteiger partial charge in [0.05, 0.1) is 12.2 Å². The molecule has 0 aliphatic heterocycles. The maximum atomic E-state index is 9.03. The van der Waals surface area contributed by atoms with E-state index < -0.39 is 12.2 Å². The summed E-state index contributed by atoms with van der Waals surface area (Å²) in [5.41, 5.74) is 0. The van der Waals surface area contributed by atoms with Crippen molar-refractivity contribution in [2.45, 2.75) is 12.2 Å². The van der Waals surface area contributed by atoms with Gasteiger partial charge in [-0.05, 0) is 0 Å². The molecule has 0 aliphatic rings. The van der Waals surface area contributed by atoms with Crippen LogP contribution in [0.4, 0.5) is 0 Å². The first-order valence-electron chi connectivity index (χ1n) is 3.43. The highest BCUT2D eigenvalue weighted by molar-refractivity contribution is 8.76. The van der Waals surface area contributed by atoms with Crippen LogP contribution in [0, 0.1) is 0 Å². The van der Waals surface area contributed by atoms with Gasteiger partial charge < -0.3 is 10.2 Å². The summed E-state index contributed by atoms with van der Waals surface area (Å²) in [4.78, 5) is 0. The summed E-state index contributed by atoms with van der Waals surface area (Å²) < 4.78 is 0. The van der Waals surface area contributed by atoms with Crippen LogP contribution in [0.25, 0.3) is 0 Å². The van der Waals surface area contributed by atoms with E-state index in [0.29, 0.717) is 11.5 Å². The van der Waals surface area contributed by atoms with Gasteiger partial charge >= 0.3 is 0 Å². The standard InChI is InChI=1S/C6H12Cl2O2S2/c7-1-5(9)3-11-12-4-6(10)2-8/h5-6,9-10H,1-4H2/t5-,6+. The number of hydrogen-bond donors (Lipinski definition) is 2. The first-order valence-corrected chi connectivity index (χ1v) is 6.99. The number of halogens is 2. The third-order valence-corrected chi connectivity index (χ3v) is 4.20. The minimum atomic E-state index is -0.461. The van der Waals surface area contributed by atoms with Crippen LogP contribution in [-0.4, -0.2) is 45.7 Å². The Morgan fingerprint density at radius 2 is 1.25 bits per heavy atom. The molecule has 6 heteroatoms. The fraction of sp³-hybridized carbons (Fsp3) is 1.00. The average molecular weight is 251 g/mol. The summed E-state index contributed by atoms with van der Waals surface area (Å²) in [5, 5.41) is 18.1. The van der Waals surface area contributed by atoms with Crippen LogP contribution in [-0.2, 0) is 0 Å². The topological polar surface area (TPSA) is 40.5 Å². The van der Waals surface area contributed by atoms with Crippen molar-refractivity contribution in [3.63, 3.8) is 0 Å². The van der Waals surface area contributed by atoms with Gasteiger partial charge in [0.15, 0.2) is 0 Å². The third kappa shape index (κ3) is 7.83. The number of hydrogen-bond acceptors (Lipinski definition) is 4. The Hall–Kier alpha value is 1.20. The second-order valence-electron chi connectivity index (χ2n) is 2.19. The summed E-state index contributed by atoms with van der Waals surface area (Å²) in [6.07, 6.45) is -0.922. The zero-order valence-electron chi connectivity index (χ0n) is 6.45. The van der Waals surface area contributed by atoms with Gasteiger partial charge in [0, 0.05) is 23.3 Å². The fourth-order valence-electron chi connectivity index (χ4n) is 0.342. The van der Waals surface area contributed by atoms with Crippen molar-refractivity contribution in [2.24, 2.45) is 0 Å². The molecule has 0 aromatic heterocycles. The van der Waals surface area contributed by atoms with Gasteiger partial charge in [0.1, 0.15) is 0 Å². The van der Waals surface area contributed by atoms with E-state index in [1.165, 1.54) is 21.6 Å². The van der Waals surface area contributed by atoms with Gasteiger partial charge in [0.25, 0.3) is 0 Å². The molecule has 0 amide bonds. The van der Waals surface area contributed by atoms with Crippen LogP contribution in [0.5, 0.6) is 0 Å². The Balaban J connectivity index is 3.10. The van der Waals surface area contributed by atoms with Crippen molar-refractivity contribution in [1.82, 2.24) is 0 Å². The van der Waals surface area contributed by atoms with Gasteiger partial charge in [-0.2, -0.15) is 0 Å². The van der Waals surface area contributed by atoms with E-state index in [1.54, 1.807) is 0 Å². The van der Waals surface area contributed by atoms with Crippen LogP contribution in [0.2, 0.25) is 0 Å². The number of aliphatic hydroxyl groups excluding tert-OH is 2. The third-order valence-electron chi connectivity index (χ3n) is 0.960. The van der Waals surface area contributed by atoms with Crippen molar-refractivity contribution in [1.29, 1.82) is 0 Å². The zero-order chi connectivity index (χ0) is 9.40. The highest BCUT2D eigenvalue weighted by atomic mass is 35.5. The Bertz CT molecular complexity index is 95.5. The van der Waals surface area contributed by atoms with Crippen LogP contribution in [0.15, 0.2) is 0 Å². The lowest BCUT2D eigenvalue weighted by Gasteiger charge is -2.07. The number of alkyl halides is 2. The monoisotopic (exact) mass is 250 g/mol. The molecule has 0 bridgehead atoms. The van der Waals surface area contributed by atoms with E-state index in [2.05, 4.69) is 0 Å². The molecular formula is C6H12Cl2O2S2. The molecule has 0 radical (unpaired) electrons. The molecule has 2 N–H and O–H groups in total. The summed E-state index contributed by atoms with van der Waals surface area (Å²) in [6.45, 7) is 0. The lowest BCUT2D eigenvalue weighted by molar-refractivity contribution is 0.223. The molecule has 0 saturated carbocycles. The molecule has 2 nitrogen and oxygen atoms in total. The first-order chi connectivity index (χ1) is 5.70. The lowest BCUT2D eigenvalue weighted by Crippen LogP contribution is -2.12. The summed E-state index contributed by atoms with van der Waals surface area (Å²) >= 11 is 10.8. The average Bonchev–Trinajstić information content (AvgIpc) is 2.11. The van der Waals surface area contributed by atoms with Crippen LogP contribution >= 0.6 is 44.8 Å². The van der Waals surface area contributed by atoms with E-state index in [4.69, 9.17) is 33.4 Å². The molecular weight excluding hydrogens is 239 g/mol. The lowest BCUT2D eigenvalue weighted by atomic mass is 10.5. The molecule has 0 aliphatic carbocycles. The minimum absolute atomic E-state index is 0.256. The molecule has 2 atom stereocenters.